The Bertz CT molecular complexity index is 508. The van der Waals surface area contributed by atoms with Gasteiger partial charge in [-0.15, -0.1) is 0 Å². The lowest BCUT2D eigenvalue weighted by Crippen LogP contribution is -2.00. The van der Waals surface area contributed by atoms with Crippen LogP contribution in [0.3, 0.4) is 0 Å². The van der Waals surface area contributed by atoms with Crippen molar-refractivity contribution < 1.29 is 15.0 Å². The Labute approximate surface area is 79.4 Å². The highest BCUT2D eigenvalue weighted by Crippen LogP contribution is 2.26. The first-order valence-electron chi connectivity index (χ1n) is 4.00. The average molecular weight is 189 g/mol. The van der Waals surface area contributed by atoms with Crippen molar-refractivity contribution >= 4 is 16.7 Å². The fraction of sp³-hybridized carbons (Fsp3) is 0. The van der Waals surface area contributed by atoms with Gasteiger partial charge in [0.25, 0.3) is 0 Å². The van der Waals surface area contributed by atoms with Crippen LogP contribution in [0.4, 0.5) is 0 Å². The number of carboxylic acid groups (broad SMARTS) is 1. The summed E-state index contributed by atoms with van der Waals surface area (Å²) in [5.41, 5.74) is -0.316. The molecule has 0 aliphatic heterocycles. The molecule has 0 saturated carbocycles. The van der Waals surface area contributed by atoms with Gasteiger partial charge in [-0.2, -0.15) is 0 Å². The Hall–Kier alpha value is -2.10. The van der Waals surface area contributed by atoms with Crippen molar-refractivity contribution in [3.05, 3.63) is 36.2 Å². The van der Waals surface area contributed by atoms with Crippen LogP contribution in [0.1, 0.15) is 10.5 Å². The van der Waals surface area contributed by atoms with Crippen molar-refractivity contribution in [3.8, 4) is 5.75 Å². The summed E-state index contributed by atoms with van der Waals surface area (Å²) in [6.07, 6.45) is 1.43. The summed E-state index contributed by atoms with van der Waals surface area (Å²) in [7, 11) is 0. The maximum absolute atomic E-state index is 10.6. The second-order valence-corrected chi connectivity index (χ2v) is 2.85. The van der Waals surface area contributed by atoms with Crippen LogP contribution in [0.5, 0.6) is 5.75 Å². The van der Waals surface area contributed by atoms with Crippen LogP contribution >= 0.6 is 0 Å². The zero-order valence-corrected chi connectivity index (χ0v) is 7.14. The van der Waals surface area contributed by atoms with E-state index in [0.717, 1.165) is 5.39 Å². The highest BCUT2D eigenvalue weighted by atomic mass is 16.4. The minimum Gasteiger partial charge on any atom is -0.505 e. The first kappa shape index (κ1) is 8.50. The molecule has 14 heavy (non-hydrogen) atoms. The Kier molecular flexibility index (Phi) is 1.81. The normalized spacial score (nSPS) is 10.3. The Morgan fingerprint density at radius 3 is 2.71 bits per heavy atom. The lowest BCUT2D eigenvalue weighted by atomic mass is 10.1. The van der Waals surface area contributed by atoms with Crippen molar-refractivity contribution in [3.63, 3.8) is 0 Å². The van der Waals surface area contributed by atoms with E-state index in [9.17, 15) is 9.90 Å². The fourth-order valence-corrected chi connectivity index (χ4v) is 1.30. The van der Waals surface area contributed by atoms with E-state index in [4.69, 9.17) is 5.11 Å². The number of hydrogen-bond acceptors (Lipinski definition) is 3. The van der Waals surface area contributed by atoms with Crippen LogP contribution in [0, 0.1) is 0 Å². The maximum atomic E-state index is 10.6. The summed E-state index contributed by atoms with van der Waals surface area (Å²) < 4.78 is 0. The molecule has 0 aliphatic carbocycles. The molecule has 1 heterocycles. The Morgan fingerprint density at radius 1 is 1.29 bits per heavy atom. The zero-order chi connectivity index (χ0) is 10.1. The molecular weight excluding hydrogens is 182 g/mol. The topological polar surface area (TPSA) is 70.4 Å². The predicted molar refractivity (Wildman–Crippen MR) is 50.4 cm³/mol. The number of pyridine rings is 1. The minimum atomic E-state index is -1.23. The quantitative estimate of drug-likeness (QED) is 0.715. The van der Waals surface area contributed by atoms with Crippen molar-refractivity contribution in [1.29, 1.82) is 0 Å². The van der Waals surface area contributed by atoms with Gasteiger partial charge < -0.3 is 10.2 Å². The van der Waals surface area contributed by atoms with Crippen molar-refractivity contribution in [2.75, 3.05) is 0 Å². The Balaban J connectivity index is 2.81. The maximum Gasteiger partial charge on any atom is 0.358 e. The smallest absolute Gasteiger partial charge is 0.358 e. The lowest BCUT2D eigenvalue weighted by molar-refractivity contribution is 0.0687. The zero-order valence-electron chi connectivity index (χ0n) is 7.14. The number of nitrogens with zero attached hydrogens (tertiary/aromatic N) is 1. The van der Waals surface area contributed by atoms with Gasteiger partial charge in [0.2, 0.25) is 0 Å². The largest absolute Gasteiger partial charge is 0.505 e. The van der Waals surface area contributed by atoms with E-state index >= 15 is 0 Å². The van der Waals surface area contributed by atoms with Crippen LogP contribution in [0.25, 0.3) is 10.8 Å². The molecule has 0 radical (unpaired) electrons. The molecule has 1 aromatic heterocycles. The van der Waals surface area contributed by atoms with Crippen molar-refractivity contribution in [1.82, 2.24) is 4.98 Å². The third-order valence-electron chi connectivity index (χ3n) is 1.98. The second kappa shape index (κ2) is 2.99. The molecule has 0 unspecified atom stereocenters. The van der Waals surface area contributed by atoms with Crippen LogP contribution in [-0.4, -0.2) is 21.2 Å². The number of carbonyl (C=O) groups is 1. The molecule has 0 saturated heterocycles. The fourth-order valence-electron chi connectivity index (χ4n) is 1.30. The monoisotopic (exact) mass is 189 g/mol. The molecule has 0 spiro atoms. The third-order valence-corrected chi connectivity index (χ3v) is 1.98. The van der Waals surface area contributed by atoms with E-state index < -0.39 is 5.97 Å². The van der Waals surface area contributed by atoms with E-state index in [0.29, 0.717) is 5.39 Å². The highest BCUT2D eigenvalue weighted by Gasteiger charge is 2.13. The first-order valence-corrected chi connectivity index (χ1v) is 4.00. The van der Waals surface area contributed by atoms with Gasteiger partial charge in [-0.25, -0.2) is 9.78 Å². The molecular formula is C10H7NO3. The number of aromatic carboxylic acids is 1. The van der Waals surface area contributed by atoms with Gasteiger partial charge in [0.05, 0.1) is 0 Å². The number of benzene rings is 1. The van der Waals surface area contributed by atoms with Gasteiger partial charge in [-0.1, -0.05) is 24.3 Å². The molecule has 70 valence electrons. The van der Waals surface area contributed by atoms with Crippen LogP contribution in [0.2, 0.25) is 0 Å². The molecule has 0 fully saturated rings. The molecule has 2 N–H and O–H groups in total. The Morgan fingerprint density at radius 2 is 2.00 bits per heavy atom. The standard InChI is InChI=1S/C10H7NO3/c12-9-7-4-2-1-3-6(7)5-11-8(9)10(13)14/h1-5,12H,(H,13,14). The van der Waals surface area contributed by atoms with Crippen molar-refractivity contribution in [2.45, 2.75) is 0 Å². The summed E-state index contributed by atoms with van der Waals surface area (Å²) in [5, 5.41) is 19.5. The first-order chi connectivity index (χ1) is 6.70. The molecule has 4 nitrogen and oxygen atoms in total. The molecule has 0 aliphatic rings. The van der Waals surface area contributed by atoms with Gasteiger partial charge in [-0.3, -0.25) is 0 Å². The van der Waals surface area contributed by atoms with E-state index in [-0.39, 0.29) is 11.4 Å². The van der Waals surface area contributed by atoms with Crippen molar-refractivity contribution in [2.24, 2.45) is 0 Å². The molecule has 0 atom stereocenters. The number of rotatable bonds is 1. The van der Waals surface area contributed by atoms with Gasteiger partial charge in [-0.05, 0) is 0 Å². The summed E-state index contributed by atoms with van der Waals surface area (Å²) >= 11 is 0. The summed E-state index contributed by atoms with van der Waals surface area (Å²) in [6.45, 7) is 0. The predicted octanol–water partition coefficient (Wildman–Crippen LogP) is 1.64. The molecule has 2 rings (SSSR count). The molecule has 0 bridgehead atoms. The van der Waals surface area contributed by atoms with Gasteiger partial charge >= 0.3 is 5.97 Å². The number of aromatic hydroxyl groups is 1. The van der Waals surface area contributed by atoms with E-state index in [1.54, 1.807) is 24.3 Å². The van der Waals surface area contributed by atoms with Crippen LogP contribution in [0.15, 0.2) is 30.5 Å². The summed E-state index contributed by atoms with van der Waals surface area (Å²) in [5.74, 6) is -1.51. The number of hydrogen-bond donors (Lipinski definition) is 2. The van der Waals surface area contributed by atoms with Gasteiger partial charge in [0.15, 0.2) is 11.4 Å². The number of fused-ring (bicyclic) bond motifs is 1. The van der Waals surface area contributed by atoms with E-state index in [2.05, 4.69) is 4.98 Å². The van der Waals surface area contributed by atoms with Gasteiger partial charge in [0.1, 0.15) is 0 Å². The van der Waals surface area contributed by atoms with E-state index in [1.165, 1.54) is 6.20 Å². The summed E-state index contributed by atoms with van der Waals surface area (Å²) in [6, 6.07) is 6.93. The minimum absolute atomic E-state index is 0.282. The third kappa shape index (κ3) is 1.17. The lowest BCUT2D eigenvalue weighted by Gasteiger charge is -2.02. The number of aromatic nitrogens is 1. The average Bonchev–Trinajstić information content (AvgIpc) is 2.18. The second-order valence-electron chi connectivity index (χ2n) is 2.85. The van der Waals surface area contributed by atoms with Crippen LogP contribution in [-0.2, 0) is 0 Å². The summed E-state index contributed by atoms with van der Waals surface area (Å²) in [4.78, 5) is 14.3. The molecule has 4 heteroatoms. The highest BCUT2D eigenvalue weighted by molar-refractivity contribution is 5.97. The molecule has 0 amide bonds. The van der Waals surface area contributed by atoms with Gasteiger partial charge in [0, 0.05) is 17.0 Å². The molecule has 2 aromatic rings. The van der Waals surface area contributed by atoms with Crippen LogP contribution < -0.4 is 0 Å². The van der Waals surface area contributed by atoms with E-state index in [1.807, 2.05) is 0 Å². The molecule has 1 aromatic carbocycles. The SMILES string of the molecule is O=C(O)c1ncc2ccccc2c1O. The number of carboxylic acids is 1.